The number of aliphatic hydroxyl groups is 1. The maximum atomic E-state index is 12.4. The van der Waals surface area contributed by atoms with E-state index in [9.17, 15) is 9.90 Å². The third kappa shape index (κ3) is 3.78. The van der Waals surface area contributed by atoms with Crippen LogP contribution in [-0.4, -0.2) is 29.1 Å². The first kappa shape index (κ1) is 16.1. The predicted octanol–water partition coefficient (Wildman–Crippen LogP) is 3.13. The SMILES string of the molecule is O=C(NCC(CCO)c1ccccc1)c1ccc2ncccc2c1. The molecule has 1 atom stereocenters. The van der Waals surface area contributed by atoms with Crippen LogP contribution in [-0.2, 0) is 0 Å². The summed E-state index contributed by atoms with van der Waals surface area (Å²) in [6.45, 7) is 0.589. The lowest BCUT2D eigenvalue weighted by atomic mass is 9.96. The highest BCUT2D eigenvalue weighted by molar-refractivity contribution is 5.97. The van der Waals surface area contributed by atoms with Crippen molar-refractivity contribution in [1.82, 2.24) is 10.3 Å². The number of nitrogens with zero attached hydrogens (tertiary/aromatic N) is 1. The van der Waals surface area contributed by atoms with Crippen molar-refractivity contribution < 1.29 is 9.90 Å². The molecule has 1 unspecified atom stereocenters. The number of aliphatic hydroxyl groups excluding tert-OH is 1. The van der Waals surface area contributed by atoms with Gasteiger partial charge in [0, 0.05) is 36.2 Å². The smallest absolute Gasteiger partial charge is 0.251 e. The number of carbonyl (C=O) groups excluding carboxylic acids is 1. The van der Waals surface area contributed by atoms with Crippen LogP contribution in [0.25, 0.3) is 10.9 Å². The molecule has 0 bridgehead atoms. The molecule has 2 aromatic carbocycles. The largest absolute Gasteiger partial charge is 0.396 e. The quantitative estimate of drug-likeness (QED) is 0.733. The summed E-state index contributed by atoms with van der Waals surface area (Å²) in [4.78, 5) is 16.7. The first-order chi connectivity index (χ1) is 11.8. The van der Waals surface area contributed by atoms with Gasteiger partial charge in [0.25, 0.3) is 5.91 Å². The van der Waals surface area contributed by atoms with E-state index in [0.717, 1.165) is 16.5 Å². The third-order valence-corrected chi connectivity index (χ3v) is 4.12. The second-order valence-corrected chi connectivity index (χ2v) is 5.74. The second kappa shape index (κ2) is 7.70. The molecule has 122 valence electrons. The first-order valence-electron chi connectivity index (χ1n) is 8.06. The molecule has 24 heavy (non-hydrogen) atoms. The van der Waals surface area contributed by atoms with Crippen LogP contribution in [0, 0.1) is 0 Å². The van der Waals surface area contributed by atoms with Gasteiger partial charge in [0.2, 0.25) is 0 Å². The van der Waals surface area contributed by atoms with E-state index in [1.54, 1.807) is 12.3 Å². The maximum absolute atomic E-state index is 12.4. The van der Waals surface area contributed by atoms with Gasteiger partial charge in [-0.2, -0.15) is 0 Å². The van der Waals surface area contributed by atoms with E-state index in [1.165, 1.54) is 0 Å². The summed E-state index contributed by atoms with van der Waals surface area (Å²) in [6.07, 6.45) is 2.35. The van der Waals surface area contributed by atoms with Crippen molar-refractivity contribution >= 4 is 16.8 Å². The molecule has 1 aromatic heterocycles. The van der Waals surface area contributed by atoms with E-state index < -0.39 is 0 Å². The summed E-state index contributed by atoms with van der Waals surface area (Å²) in [5.41, 5.74) is 2.61. The minimum absolute atomic E-state index is 0.0943. The molecule has 1 heterocycles. The maximum Gasteiger partial charge on any atom is 0.251 e. The van der Waals surface area contributed by atoms with Gasteiger partial charge in [0.15, 0.2) is 0 Å². The van der Waals surface area contributed by atoms with Gasteiger partial charge < -0.3 is 10.4 Å². The number of amides is 1. The summed E-state index contributed by atoms with van der Waals surface area (Å²) in [6, 6.07) is 19.2. The van der Waals surface area contributed by atoms with Gasteiger partial charge in [0.05, 0.1) is 5.52 Å². The first-order valence-corrected chi connectivity index (χ1v) is 8.06. The molecule has 0 spiro atoms. The molecule has 3 rings (SSSR count). The number of carbonyl (C=O) groups is 1. The molecule has 4 nitrogen and oxygen atoms in total. The molecule has 0 saturated carbocycles. The van der Waals surface area contributed by atoms with Crippen LogP contribution in [0.4, 0.5) is 0 Å². The Bertz CT molecular complexity index is 818. The van der Waals surface area contributed by atoms with Crippen LogP contribution < -0.4 is 5.32 Å². The number of hydrogen-bond acceptors (Lipinski definition) is 3. The van der Waals surface area contributed by atoms with Gasteiger partial charge in [-0.3, -0.25) is 9.78 Å². The van der Waals surface area contributed by atoms with E-state index >= 15 is 0 Å². The van der Waals surface area contributed by atoms with Gasteiger partial charge in [-0.1, -0.05) is 36.4 Å². The van der Waals surface area contributed by atoms with E-state index in [0.29, 0.717) is 18.5 Å². The number of pyridine rings is 1. The molecular weight excluding hydrogens is 300 g/mol. The molecule has 1 amide bonds. The van der Waals surface area contributed by atoms with Crippen molar-refractivity contribution in [3.8, 4) is 0 Å². The van der Waals surface area contributed by atoms with E-state index in [4.69, 9.17) is 0 Å². The molecule has 0 saturated heterocycles. The van der Waals surface area contributed by atoms with Gasteiger partial charge in [-0.05, 0) is 36.2 Å². The molecular formula is C20H20N2O2. The third-order valence-electron chi connectivity index (χ3n) is 4.12. The number of hydrogen-bond donors (Lipinski definition) is 2. The average molecular weight is 320 g/mol. The summed E-state index contributed by atoms with van der Waals surface area (Å²) < 4.78 is 0. The average Bonchev–Trinajstić information content (AvgIpc) is 2.65. The molecule has 4 heteroatoms. The van der Waals surface area contributed by atoms with Gasteiger partial charge in [-0.15, -0.1) is 0 Å². The lowest BCUT2D eigenvalue weighted by Gasteiger charge is -2.17. The van der Waals surface area contributed by atoms with E-state index in [-0.39, 0.29) is 18.4 Å². The van der Waals surface area contributed by atoms with Gasteiger partial charge >= 0.3 is 0 Å². The molecule has 3 aromatic rings. The zero-order chi connectivity index (χ0) is 16.8. The zero-order valence-corrected chi connectivity index (χ0v) is 13.4. The van der Waals surface area contributed by atoms with Crippen molar-refractivity contribution in [3.05, 3.63) is 78.0 Å². The van der Waals surface area contributed by atoms with Crippen LogP contribution in [0.2, 0.25) is 0 Å². The van der Waals surface area contributed by atoms with Crippen molar-refractivity contribution in [1.29, 1.82) is 0 Å². The molecule has 2 N–H and O–H groups in total. The Hall–Kier alpha value is -2.72. The minimum atomic E-state index is -0.111. The van der Waals surface area contributed by atoms with Crippen molar-refractivity contribution in [2.75, 3.05) is 13.2 Å². The Kier molecular flexibility index (Phi) is 5.18. The monoisotopic (exact) mass is 320 g/mol. The predicted molar refractivity (Wildman–Crippen MR) is 95.0 cm³/mol. The molecule has 0 aliphatic rings. The number of nitrogens with one attached hydrogen (secondary N) is 1. The normalized spacial score (nSPS) is 12.0. The Morgan fingerprint density at radius 1 is 1.08 bits per heavy atom. The van der Waals surface area contributed by atoms with Crippen LogP contribution in [0.5, 0.6) is 0 Å². The van der Waals surface area contributed by atoms with E-state index in [1.807, 2.05) is 54.6 Å². The van der Waals surface area contributed by atoms with Crippen molar-refractivity contribution in [2.45, 2.75) is 12.3 Å². The fourth-order valence-electron chi connectivity index (χ4n) is 2.80. The van der Waals surface area contributed by atoms with Crippen LogP contribution in [0.1, 0.15) is 28.3 Å². The summed E-state index contributed by atoms with van der Waals surface area (Å²) in [5, 5.41) is 13.2. The zero-order valence-electron chi connectivity index (χ0n) is 13.4. The molecule has 0 fully saturated rings. The van der Waals surface area contributed by atoms with Crippen molar-refractivity contribution in [2.24, 2.45) is 0 Å². The standard InChI is InChI=1S/C20H20N2O2/c23-12-10-18(15-5-2-1-3-6-15)14-22-20(24)17-8-9-19-16(13-17)7-4-11-21-19/h1-9,11,13,18,23H,10,12,14H2,(H,22,24). The van der Waals surface area contributed by atoms with Crippen LogP contribution in [0.3, 0.4) is 0 Å². The van der Waals surface area contributed by atoms with Gasteiger partial charge in [0.1, 0.15) is 0 Å². The second-order valence-electron chi connectivity index (χ2n) is 5.74. The molecule has 0 aliphatic heterocycles. The molecule has 0 radical (unpaired) electrons. The molecule has 0 aliphatic carbocycles. The lowest BCUT2D eigenvalue weighted by Crippen LogP contribution is -2.28. The fourth-order valence-corrected chi connectivity index (χ4v) is 2.80. The Morgan fingerprint density at radius 2 is 1.92 bits per heavy atom. The Labute approximate surface area is 141 Å². The topological polar surface area (TPSA) is 62.2 Å². The number of rotatable bonds is 6. The Morgan fingerprint density at radius 3 is 2.71 bits per heavy atom. The summed E-state index contributed by atoms with van der Waals surface area (Å²) >= 11 is 0. The van der Waals surface area contributed by atoms with Crippen molar-refractivity contribution in [3.63, 3.8) is 0 Å². The fraction of sp³-hybridized carbons (Fsp3) is 0.200. The summed E-state index contributed by atoms with van der Waals surface area (Å²) in [5.74, 6) is -0.0121. The lowest BCUT2D eigenvalue weighted by molar-refractivity contribution is 0.0949. The number of benzene rings is 2. The Balaban J connectivity index is 1.70. The summed E-state index contributed by atoms with van der Waals surface area (Å²) in [7, 11) is 0. The number of aromatic nitrogens is 1. The highest BCUT2D eigenvalue weighted by Crippen LogP contribution is 2.19. The van der Waals surface area contributed by atoms with Crippen LogP contribution >= 0.6 is 0 Å². The number of fused-ring (bicyclic) bond motifs is 1. The highest BCUT2D eigenvalue weighted by Gasteiger charge is 2.13. The van der Waals surface area contributed by atoms with E-state index in [2.05, 4.69) is 10.3 Å². The van der Waals surface area contributed by atoms with Gasteiger partial charge in [-0.25, -0.2) is 0 Å². The van der Waals surface area contributed by atoms with Crippen LogP contribution in [0.15, 0.2) is 66.9 Å². The minimum Gasteiger partial charge on any atom is -0.396 e. The highest BCUT2D eigenvalue weighted by atomic mass is 16.3.